The summed E-state index contributed by atoms with van der Waals surface area (Å²) in [7, 11) is 3.13. The molecule has 0 saturated carbocycles. The Morgan fingerprint density at radius 3 is 2.59 bits per heavy atom. The van der Waals surface area contributed by atoms with Gasteiger partial charge in [0.05, 0.1) is 25.3 Å². The van der Waals surface area contributed by atoms with Gasteiger partial charge in [0, 0.05) is 34.1 Å². The van der Waals surface area contributed by atoms with E-state index < -0.39 is 5.63 Å². The van der Waals surface area contributed by atoms with E-state index in [1.165, 1.54) is 0 Å². The van der Waals surface area contributed by atoms with Gasteiger partial charge >= 0.3 is 5.63 Å². The molecular formula is C26H21Cl2NO5. The maximum atomic E-state index is 13.1. The zero-order chi connectivity index (χ0) is 23.8. The first-order valence-corrected chi connectivity index (χ1v) is 11.3. The third-order valence-electron chi connectivity index (χ3n) is 5.85. The Bertz CT molecular complexity index is 1450. The summed E-state index contributed by atoms with van der Waals surface area (Å²) >= 11 is 12.4. The second-order valence-electron chi connectivity index (χ2n) is 7.97. The molecule has 0 radical (unpaired) electrons. The monoisotopic (exact) mass is 497 g/mol. The first-order chi connectivity index (χ1) is 16.5. The number of benzene rings is 3. The summed E-state index contributed by atoms with van der Waals surface area (Å²) in [4.78, 5) is 15.2. The SMILES string of the molecule is COc1ccc(OC)c(-c2cc3ccc4c(c3oc2=O)CN(Cc2ccc(Cl)cc2Cl)CO4)c1. The van der Waals surface area contributed by atoms with Crippen LogP contribution in [-0.4, -0.2) is 25.9 Å². The van der Waals surface area contributed by atoms with E-state index in [2.05, 4.69) is 4.90 Å². The molecule has 0 amide bonds. The van der Waals surface area contributed by atoms with Crippen molar-refractivity contribution in [2.24, 2.45) is 0 Å². The molecule has 0 N–H and O–H groups in total. The van der Waals surface area contributed by atoms with Gasteiger partial charge in [-0.3, -0.25) is 4.90 Å². The van der Waals surface area contributed by atoms with Gasteiger partial charge in [-0.25, -0.2) is 4.79 Å². The number of fused-ring (bicyclic) bond motifs is 3. The van der Waals surface area contributed by atoms with E-state index in [1.807, 2.05) is 30.3 Å². The molecule has 3 aromatic carbocycles. The second-order valence-corrected chi connectivity index (χ2v) is 8.81. The minimum Gasteiger partial charge on any atom is -0.497 e. The maximum Gasteiger partial charge on any atom is 0.344 e. The van der Waals surface area contributed by atoms with Gasteiger partial charge in [-0.05, 0) is 54.1 Å². The van der Waals surface area contributed by atoms with Crippen molar-refractivity contribution in [1.82, 2.24) is 4.90 Å². The van der Waals surface area contributed by atoms with Crippen molar-refractivity contribution in [3.05, 3.63) is 86.2 Å². The highest BCUT2D eigenvalue weighted by Crippen LogP contribution is 2.37. The van der Waals surface area contributed by atoms with E-state index in [4.69, 9.17) is 41.8 Å². The van der Waals surface area contributed by atoms with Crippen molar-refractivity contribution in [3.63, 3.8) is 0 Å². The number of rotatable bonds is 5. The summed E-state index contributed by atoms with van der Waals surface area (Å²) in [5, 5.41) is 1.97. The summed E-state index contributed by atoms with van der Waals surface area (Å²) in [6, 6.07) is 16.3. The Hall–Kier alpha value is -3.19. The minimum absolute atomic E-state index is 0.390. The Morgan fingerprint density at radius 1 is 0.971 bits per heavy atom. The standard InChI is InChI=1S/C26H21Cl2NO5/c1-31-18-6-8-23(32-2)19(11-18)20-9-15-4-7-24-21(25(15)34-26(20)30)13-29(14-33-24)12-16-3-5-17(27)10-22(16)28/h3-11H,12-14H2,1-2H3. The molecule has 174 valence electrons. The highest BCUT2D eigenvalue weighted by Gasteiger charge is 2.23. The van der Waals surface area contributed by atoms with Gasteiger partial charge in [0.25, 0.3) is 0 Å². The highest BCUT2D eigenvalue weighted by atomic mass is 35.5. The lowest BCUT2D eigenvalue weighted by Gasteiger charge is -2.29. The van der Waals surface area contributed by atoms with E-state index in [0.29, 0.717) is 63.8 Å². The van der Waals surface area contributed by atoms with Crippen LogP contribution in [0.25, 0.3) is 22.1 Å². The van der Waals surface area contributed by atoms with Crippen molar-refractivity contribution in [2.75, 3.05) is 21.0 Å². The fourth-order valence-corrected chi connectivity index (χ4v) is 4.61. The van der Waals surface area contributed by atoms with Crippen LogP contribution in [0.3, 0.4) is 0 Å². The van der Waals surface area contributed by atoms with Crippen molar-refractivity contribution >= 4 is 34.2 Å². The summed E-state index contributed by atoms with van der Waals surface area (Å²) in [6.45, 7) is 1.49. The Balaban J connectivity index is 1.53. The van der Waals surface area contributed by atoms with Crippen LogP contribution in [0, 0.1) is 0 Å². The molecule has 8 heteroatoms. The topological polar surface area (TPSA) is 61.1 Å². The molecule has 0 bridgehead atoms. The summed E-state index contributed by atoms with van der Waals surface area (Å²) < 4.78 is 22.6. The molecule has 1 aliphatic rings. The number of nitrogens with zero attached hydrogens (tertiary/aromatic N) is 1. The second kappa shape index (κ2) is 9.22. The van der Waals surface area contributed by atoms with Gasteiger partial charge in [0.15, 0.2) is 0 Å². The molecule has 1 aliphatic heterocycles. The van der Waals surface area contributed by atoms with Crippen LogP contribution in [-0.2, 0) is 13.1 Å². The predicted octanol–water partition coefficient (Wildman–Crippen LogP) is 6.14. The van der Waals surface area contributed by atoms with Gasteiger partial charge < -0.3 is 18.6 Å². The van der Waals surface area contributed by atoms with E-state index >= 15 is 0 Å². The predicted molar refractivity (Wildman–Crippen MR) is 132 cm³/mol. The lowest BCUT2D eigenvalue weighted by Crippen LogP contribution is -2.31. The van der Waals surface area contributed by atoms with Crippen LogP contribution in [0.2, 0.25) is 10.0 Å². The molecule has 34 heavy (non-hydrogen) atoms. The zero-order valence-electron chi connectivity index (χ0n) is 18.6. The molecule has 0 spiro atoms. The molecule has 0 aliphatic carbocycles. The average Bonchev–Trinajstić information content (AvgIpc) is 2.85. The van der Waals surface area contributed by atoms with Crippen molar-refractivity contribution in [2.45, 2.75) is 13.1 Å². The smallest absolute Gasteiger partial charge is 0.344 e. The first kappa shape index (κ1) is 22.6. The quantitative estimate of drug-likeness (QED) is 0.308. The molecule has 0 unspecified atom stereocenters. The average molecular weight is 498 g/mol. The van der Waals surface area contributed by atoms with Gasteiger partial charge in [-0.2, -0.15) is 0 Å². The van der Waals surface area contributed by atoms with Crippen LogP contribution in [0.5, 0.6) is 17.2 Å². The zero-order valence-corrected chi connectivity index (χ0v) is 20.1. The van der Waals surface area contributed by atoms with Gasteiger partial charge in [0.2, 0.25) is 0 Å². The Kier molecular flexibility index (Phi) is 6.13. The molecule has 0 saturated heterocycles. The number of hydrogen-bond acceptors (Lipinski definition) is 6. The lowest BCUT2D eigenvalue weighted by molar-refractivity contribution is 0.0890. The number of hydrogen-bond donors (Lipinski definition) is 0. The molecule has 6 nitrogen and oxygen atoms in total. The Labute approximate surface area is 206 Å². The number of halogens is 2. The van der Waals surface area contributed by atoms with Crippen LogP contribution in [0.4, 0.5) is 0 Å². The van der Waals surface area contributed by atoms with Crippen LogP contribution in [0.15, 0.2) is 63.8 Å². The summed E-state index contributed by atoms with van der Waals surface area (Å²) in [5.41, 5.74) is 2.78. The van der Waals surface area contributed by atoms with Crippen molar-refractivity contribution in [3.8, 4) is 28.4 Å². The summed E-state index contributed by atoms with van der Waals surface area (Å²) in [6.07, 6.45) is 0. The summed E-state index contributed by atoms with van der Waals surface area (Å²) in [5.74, 6) is 1.87. The third kappa shape index (κ3) is 4.20. The van der Waals surface area contributed by atoms with Crippen LogP contribution >= 0.6 is 23.2 Å². The van der Waals surface area contributed by atoms with Crippen molar-refractivity contribution < 1.29 is 18.6 Å². The molecule has 0 fully saturated rings. The van der Waals surface area contributed by atoms with E-state index in [-0.39, 0.29) is 0 Å². The van der Waals surface area contributed by atoms with Gasteiger partial charge in [-0.15, -0.1) is 0 Å². The van der Waals surface area contributed by atoms with Gasteiger partial charge in [0.1, 0.15) is 29.6 Å². The van der Waals surface area contributed by atoms with Gasteiger partial charge in [-0.1, -0.05) is 29.3 Å². The van der Waals surface area contributed by atoms with E-state index in [1.54, 1.807) is 38.5 Å². The molecule has 4 aromatic rings. The van der Waals surface area contributed by atoms with Crippen molar-refractivity contribution in [1.29, 1.82) is 0 Å². The largest absolute Gasteiger partial charge is 0.497 e. The van der Waals surface area contributed by atoms with E-state index in [0.717, 1.165) is 16.5 Å². The highest BCUT2D eigenvalue weighted by molar-refractivity contribution is 6.35. The molecule has 0 atom stereocenters. The number of methoxy groups -OCH3 is 2. The number of ether oxygens (including phenoxy) is 3. The molecule has 5 rings (SSSR count). The van der Waals surface area contributed by atoms with Crippen LogP contribution in [0.1, 0.15) is 11.1 Å². The normalized spacial score (nSPS) is 13.4. The first-order valence-electron chi connectivity index (χ1n) is 10.6. The fourth-order valence-electron chi connectivity index (χ4n) is 4.14. The van der Waals surface area contributed by atoms with Crippen LogP contribution < -0.4 is 19.8 Å². The Morgan fingerprint density at radius 2 is 1.82 bits per heavy atom. The van der Waals surface area contributed by atoms with E-state index in [9.17, 15) is 4.79 Å². The lowest BCUT2D eigenvalue weighted by atomic mass is 10.0. The maximum absolute atomic E-state index is 13.1. The molecule has 2 heterocycles. The minimum atomic E-state index is -0.467. The third-order valence-corrected chi connectivity index (χ3v) is 6.44. The molecule has 1 aromatic heterocycles. The fraction of sp³-hybridized carbons (Fsp3) is 0.192. The molecular weight excluding hydrogens is 477 g/mol.